The number of ether oxygens (including phenoxy) is 1. The smallest absolute Gasteiger partial charge is 0.271 e. The number of aliphatic hydroxyl groups is 1. The zero-order valence-corrected chi connectivity index (χ0v) is 14.9. The summed E-state index contributed by atoms with van der Waals surface area (Å²) in [7, 11) is 1.58. The topological polar surface area (TPSA) is 87.2 Å². The van der Waals surface area contributed by atoms with Gasteiger partial charge >= 0.3 is 0 Å². The second-order valence-electron chi connectivity index (χ2n) is 5.88. The molecule has 0 aliphatic rings. The molecular formula is C18H25N3O3. The van der Waals surface area contributed by atoms with E-state index < -0.39 is 6.10 Å². The molecule has 0 bridgehead atoms. The minimum Gasteiger partial charge on any atom is -0.481 e. The van der Waals surface area contributed by atoms with E-state index in [0.29, 0.717) is 29.4 Å². The van der Waals surface area contributed by atoms with Gasteiger partial charge in [0.25, 0.3) is 5.56 Å². The number of nitrogens with zero attached hydrogens (tertiary/aromatic N) is 1. The molecule has 6 nitrogen and oxygen atoms in total. The van der Waals surface area contributed by atoms with Crippen LogP contribution in [0, 0.1) is 13.8 Å². The van der Waals surface area contributed by atoms with Crippen LogP contribution in [0.1, 0.15) is 48.0 Å². The standard InChI is InChI=1S/C18H25N3O3/c1-6-13-7-14(18(24-5)21-10(13)2)9-19-16-8-15(12(4)22)11(3)20-17(16)23/h7-8,12,19,22H,6,9H2,1-5H3,(H,20,23). The summed E-state index contributed by atoms with van der Waals surface area (Å²) >= 11 is 0. The summed E-state index contributed by atoms with van der Waals surface area (Å²) in [6.45, 7) is 7.89. The number of hydrogen-bond acceptors (Lipinski definition) is 5. The highest BCUT2D eigenvalue weighted by Gasteiger charge is 2.12. The van der Waals surface area contributed by atoms with Crippen LogP contribution in [0.4, 0.5) is 5.69 Å². The first kappa shape index (κ1) is 18.0. The fourth-order valence-corrected chi connectivity index (χ4v) is 2.73. The predicted molar refractivity (Wildman–Crippen MR) is 94.7 cm³/mol. The molecular weight excluding hydrogens is 306 g/mol. The number of aryl methyl sites for hydroxylation is 3. The molecule has 0 saturated carbocycles. The van der Waals surface area contributed by atoms with Gasteiger partial charge in [0.05, 0.1) is 13.2 Å². The Balaban J connectivity index is 2.31. The Morgan fingerprint density at radius 1 is 1.33 bits per heavy atom. The summed E-state index contributed by atoms with van der Waals surface area (Å²) in [6, 6.07) is 3.74. The molecule has 0 aromatic carbocycles. The summed E-state index contributed by atoms with van der Waals surface area (Å²) in [5.74, 6) is 0.552. The van der Waals surface area contributed by atoms with Gasteiger partial charge in [-0.05, 0) is 44.9 Å². The van der Waals surface area contributed by atoms with Gasteiger partial charge in [0.15, 0.2) is 0 Å². The summed E-state index contributed by atoms with van der Waals surface area (Å²) in [4.78, 5) is 19.4. The van der Waals surface area contributed by atoms with Crippen molar-refractivity contribution in [3.05, 3.63) is 50.6 Å². The molecule has 0 radical (unpaired) electrons. The van der Waals surface area contributed by atoms with Gasteiger partial charge in [-0.25, -0.2) is 4.98 Å². The van der Waals surface area contributed by atoms with Gasteiger partial charge in [0.1, 0.15) is 5.69 Å². The normalized spacial score (nSPS) is 12.1. The van der Waals surface area contributed by atoms with Crippen molar-refractivity contribution in [3.8, 4) is 5.88 Å². The van der Waals surface area contributed by atoms with Gasteiger partial charge in [-0.15, -0.1) is 0 Å². The number of aromatic amines is 1. The molecule has 0 aliphatic carbocycles. The number of anilines is 1. The molecule has 2 aromatic heterocycles. The Morgan fingerprint density at radius 2 is 2.04 bits per heavy atom. The van der Waals surface area contributed by atoms with E-state index in [-0.39, 0.29) is 5.56 Å². The SMILES string of the molecule is CCc1cc(CNc2cc(C(C)O)c(C)[nH]c2=O)c(OC)nc1C. The Bertz CT molecular complexity index is 782. The van der Waals surface area contributed by atoms with Crippen LogP contribution >= 0.6 is 0 Å². The third kappa shape index (κ3) is 3.76. The van der Waals surface area contributed by atoms with Gasteiger partial charge in [0, 0.05) is 29.1 Å². The highest BCUT2D eigenvalue weighted by Crippen LogP contribution is 2.22. The lowest BCUT2D eigenvalue weighted by Gasteiger charge is -2.14. The molecule has 1 atom stereocenters. The maximum Gasteiger partial charge on any atom is 0.271 e. The van der Waals surface area contributed by atoms with Crippen LogP contribution < -0.4 is 15.6 Å². The summed E-state index contributed by atoms with van der Waals surface area (Å²) in [5.41, 5.74) is 4.55. The molecule has 2 heterocycles. The summed E-state index contributed by atoms with van der Waals surface area (Å²) in [6.07, 6.45) is 0.234. The highest BCUT2D eigenvalue weighted by molar-refractivity contribution is 5.47. The summed E-state index contributed by atoms with van der Waals surface area (Å²) < 4.78 is 5.35. The number of aromatic nitrogens is 2. The third-order valence-corrected chi connectivity index (χ3v) is 4.13. The van der Waals surface area contributed by atoms with Crippen LogP contribution in [0.5, 0.6) is 5.88 Å². The Morgan fingerprint density at radius 3 is 2.62 bits per heavy atom. The average Bonchev–Trinajstić information content (AvgIpc) is 2.54. The lowest BCUT2D eigenvalue weighted by molar-refractivity contribution is 0.198. The number of aliphatic hydroxyl groups excluding tert-OH is 1. The number of pyridine rings is 2. The molecule has 2 rings (SSSR count). The Hall–Kier alpha value is -2.34. The zero-order chi connectivity index (χ0) is 17.9. The molecule has 0 aliphatic heterocycles. The van der Waals surface area contributed by atoms with Crippen molar-refractivity contribution in [1.82, 2.24) is 9.97 Å². The zero-order valence-electron chi connectivity index (χ0n) is 14.9. The van der Waals surface area contributed by atoms with Crippen LogP contribution in [0.25, 0.3) is 0 Å². The van der Waals surface area contributed by atoms with Crippen LogP contribution in [0.15, 0.2) is 16.9 Å². The van der Waals surface area contributed by atoms with Crippen LogP contribution in [0.3, 0.4) is 0 Å². The molecule has 0 saturated heterocycles. The molecule has 6 heteroatoms. The Labute approximate surface area is 141 Å². The molecule has 0 amide bonds. The second-order valence-corrected chi connectivity index (χ2v) is 5.88. The van der Waals surface area contributed by atoms with Crippen molar-refractivity contribution in [2.75, 3.05) is 12.4 Å². The van der Waals surface area contributed by atoms with Gasteiger partial charge < -0.3 is 20.1 Å². The third-order valence-electron chi connectivity index (χ3n) is 4.13. The van der Waals surface area contributed by atoms with Crippen molar-refractivity contribution in [2.24, 2.45) is 0 Å². The maximum atomic E-state index is 12.1. The van der Waals surface area contributed by atoms with Crippen molar-refractivity contribution >= 4 is 5.69 Å². The molecule has 24 heavy (non-hydrogen) atoms. The predicted octanol–water partition coefficient (Wildman–Crippen LogP) is 2.62. The molecule has 3 N–H and O–H groups in total. The monoisotopic (exact) mass is 331 g/mol. The lowest BCUT2D eigenvalue weighted by Crippen LogP contribution is -2.17. The van der Waals surface area contributed by atoms with E-state index >= 15 is 0 Å². The fraction of sp³-hybridized carbons (Fsp3) is 0.444. The number of H-pyrrole nitrogens is 1. The second kappa shape index (κ2) is 7.49. The molecule has 130 valence electrons. The molecule has 2 aromatic rings. The van der Waals surface area contributed by atoms with Crippen LogP contribution in [0.2, 0.25) is 0 Å². The molecule has 1 unspecified atom stereocenters. The van der Waals surface area contributed by atoms with E-state index in [4.69, 9.17) is 4.74 Å². The number of hydrogen-bond donors (Lipinski definition) is 3. The van der Waals surface area contributed by atoms with E-state index in [2.05, 4.69) is 22.2 Å². The molecule has 0 spiro atoms. The van der Waals surface area contributed by atoms with E-state index in [1.165, 1.54) is 0 Å². The quantitative estimate of drug-likeness (QED) is 0.757. The van der Waals surface area contributed by atoms with Crippen molar-refractivity contribution in [3.63, 3.8) is 0 Å². The fourth-order valence-electron chi connectivity index (χ4n) is 2.73. The average molecular weight is 331 g/mol. The van der Waals surface area contributed by atoms with E-state index in [1.807, 2.05) is 13.0 Å². The van der Waals surface area contributed by atoms with Gasteiger partial charge in [-0.1, -0.05) is 6.92 Å². The first-order valence-electron chi connectivity index (χ1n) is 8.06. The van der Waals surface area contributed by atoms with Gasteiger partial charge in [0.2, 0.25) is 5.88 Å². The summed E-state index contributed by atoms with van der Waals surface area (Å²) in [5, 5.41) is 12.9. The first-order valence-corrected chi connectivity index (χ1v) is 8.06. The molecule has 0 fully saturated rings. The van der Waals surface area contributed by atoms with Crippen molar-refractivity contribution < 1.29 is 9.84 Å². The number of nitrogens with one attached hydrogen (secondary N) is 2. The van der Waals surface area contributed by atoms with E-state index in [0.717, 1.165) is 23.2 Å². The van der Waals surface area contributed by atoms with Crippen LogP contribution in [-0.4, -0.2) is 22.2 Å². The van der Waals surface area contributed by atoms with Gasteiger partial charge in [-0.3, -0.25) is 4.79 Å². The number of methoxy groups -OCH3 is 1. The minimum atomic E-state index is -0.648. The minimum absolute atomic E-state index is 0.216. The first-order chi connectivity index (χ1) is 11.4. The van der Waals surface area contributed by atoms with Crippen molar-refractivity contribution in [2.45, 2.75) is 46.8 Å². The van der Waals surface area contributed by atoms with Crippen molar-refractivity contribution in [1.29, 1.82) is 0 Å². The van der Waals surface area contributed by atoms with E-state index in [9.17, 15) is 9.90 Å². The Kier molecular flexibility index (Phi) is 5.62. The van der Waals surface area contributed by atoms with E-state index in [1.54, 1.807) is 27.0 Å². The highest BCUT2D eigenvalue weighted by atomic mass is 16.5. The number of rotatable bonds is 6. The maximum absolute atomic E-state index is 12.1. The largest absolute Gasteiger partial charge is 0.481 e. The van der Waals surface area contributed by atoms with Crippen LogP contribution in [-0.2, 0) is 13.0 Å². The van der Waals surface area contributed by atoms with Gasteiger partial charge in [-0.2, -0.15) is 0 Å². The lowest BCUT2D eigenvalue weighted by atomic mass is 10.1.